The van der Waals surface area contributed by atoms with Crippen LogP contribution in [0.1, 0.15) is 51.0 Å². The molecule has 0 aromatic carbocycles. The molecule has 0 aliphatic carbocycles. The lowest BCUT2D eigenvalue weighted by Gasteiger charge is -2.37. The molecule has 1 atom stereocenters. The SMILES string of the molecule is C[C@@H](c1nc(C(C)(C)C)no1)N1CCN(c2ncc(C(F)(F)F)cc2Cl)CC1. The summed E-state index contributed by atoms with van der Waals surface area (Å²) >= 11 is 6.06. The topological polar surface area (TPSA) is 58.3 Å². The second-order valence-electron chi connectivity index (χ2n) is 7.93. The highest BCUT2D eigenvalue weighted by molar-refractivity contribution is 6.33. The number of aromatic nitrogens is 3. The number of piperazine rings is 1. The van der Waals surface area contributed by atoms with E-state index in [0.717, 1.165) is 12.3 Å². The molecule has 3 rings (SSSR count). The fourth-order valence-corrected chi connectivity index (χ4v) is 3.29. The standard InChI is InChI=1S/C18H23ClF3N5O/c1-11(15-24-16(25-28-15)17(2,3)4)26-5-7-27(8-6-26)14-13(19)9-12(10-23-14)18(20,21)22/h9-11H,5-8H2,1-4H3/t11-/m0/s1. The zero-order chi connectivity index (χ0) is 20.7. The van der Waals surface area contributed by atoms with Gasteiger partial charge in [-0.3, -0.25) is 4.90 Å². The molecule has 0 radical (unpaired) electrons. The molecule has 6 nitrogen and oxygen atoms in total. The van der Waals surface area contributed by atoms with E-state index in [1.807, 2.05) is 32.6 Å². The van der Waals surface area contributed by atoms with Gasteiger partial charge in [-0.2, -0.15) is 18.2 Å². The molecule has 0 saturated carbocycles. The molecule has 0 N–H and O–H groups in total. The lowest BCUT2D eigenvalue weighted by atomic mass is 9.96. The van der Waals surface area contributed by atoms with Gasteiger partial charge >= 0.3 is 6.18 Å². The lowest BCUT2D eigenvalue weighted by Crippen LogP contribution is -2.47. The minimum Gasteiger partial charge on any atom is -0.353 e. The van der Waals surface area contributed by atoms with Crippen LogP contribution >= 0.6 is 11.6 Å². The summed E-state index contributed by atoms with van der Waals surface area (Å²) in [5.74, 6) is 1.59. The number of alkyl halides is 3. The monoisotopic (exact) mass is 417 g/mol. The first-order valence-electron chi connectivity index (χ1n) is 9.02. The molecule has 1 aliphatic heterocycles. The van der Waals surface area contributed by atoms with Gasteiger partial charge in [-0.15, -0.1) is 0 Å². The van der Waals surface area contributed by atoms with Crippen LogP contribution in [0.5, 0.6) is 0 Å². The van der Waals surface area contributed by atoms with Gasteiger partial charge in [0.2, 0.25) is 5.89 Å². The molecule has 0 amide bonds. The van der Waals surface area contributed by atoms with Gasteiger partial charge in [0.25, 0.3) is 0 Å². The van der Waals surface area contributed by atoms with E-state index in [-0.39, 0.29) is 16.5 Å². The van der Waals surface area contributed by atoms with Gasteiger partial charge in [-0.25, -0.2) is 4.98 Å². The van der Waals surface area contributed by atoms with Crippen molar-refractivity contribution in [1.29, 1.82) is 0 Å². The molecule has 1 saturated heterocycles. The molecule has 154 valence electrons. The molecule has 0 bridgehead atoms. The lowest BCUT2D eigenvalue weighted by molar-refractivity contribution is -0.137. The van der Waals surface area contributed by atoms with Gasteiger partial charge in [0.05, 0.1) is 16.6 Å². The third-order valence-electron chi connectivity index (χ3n) is 4.78. The van der Waals surface area contributed by atoms with Crippen LogP contribution < -0.4 is 4.90 Å². The second-order valence-corrected chi connectivity index (χ2v) is 8.34. The Kier molecular flexibility index (Phi) is 5.60. The van der Waals surface area contributed by atoms with E-state index in [0.29, 0.717) is 43.7 Å². The Bertz CT molecular complexity index is 825. The minimum atomic E-state index is -4.46. The van der Waals surface area contributed by atoms with Gasteiger partial charge in [0, 0.05) is 37.8 Å². The van der Waals surface area contributed by atoms with Crippen molar-refractivity contribution in [3.8, 4) is 0 Å². The van der Waals surface area contributed by atoms with Crippen LogP contribution in [0.3, 0.4) is 0 Å². The summed E-state index contributed by atoms with van der Waals surface area (Å²) < 4.78 is 43.8. The molecule has 0 unspecified atom stereocenters. The van der Waals surface area contributed by atoms with E-state index in [2.05, 4.69) is 20.0 Å². The van der Waals surface area contributed by atoms with Gasteiger partial charge in [0.1, 0.15) is 5.82 Å². The fraction of sp³-hybridized carbons (Fsp3) is 0.611. The predicted molar refractivity (Wildman–Crippen MR) is 99.4 cm³/mol. The molecule has 10 heteroatoms. The molecule has 1 fully saturated rings. The van der Waals surface area contributed by atoms with Crippen molar-refractivity contribution in [3.63, 3.8) is 0 Å². The highest BCUT2D eigenvalue weighted by Crippen LogP contribution is 2.34. The summed E-state index contributed by atoms with van der Waals surface area (Å²) in [6, 6.07) is 0.868. The van der Waals surface area contributed by atoms with Crippen LogP contribution in [0.25, 0.3) is 0 Å². The van der Waals surface area contributed by atoms with Crippen molar-refractivity contribution in [2.24, 2.45) is 0 Å². The predicted octanol–water partition coefficient (Wildman–Crippen LogP) is 4.32. The highest BCUT2D eigenvalue weighted by atomic mass is 35.5. The summed E-state index contributed by atoms with van der Waals surface area (Å²) in [7, 11) is 0. The van der Waals surface area contributed by atoms with E-state index < -0.39 is 11.7 Å². The third kappa shape index (κ3) is 4.41. The van der Waals surface area contributed by atoms with E-state index in [9.17, 15) is 13.2 Å². The first-order valence-corrected chi connectivity index (χ1v) is 9.40. The van der Waals surface area contributed by atoms with Gasteiger partial charge < -0.3 is 9.42 Å². The van der Waals surface area contributed by atoms with Crippen LogP contribution in [0.2, 0.25) is 5.02 Å². The van der Waals surface area contributed by atoms with Crippen molar-refractivity contribution in [2.45, 2.75) is 45.3 Å². The van der Waals surface area contributed by atoms with Crippen molar-refractivity contribution in [3.05, 3.63) is 34.6 Å². The second kappa shape index (κ2) is 7.51. The fourth-order valence-electron chi connectivity index (χ4n) is 3.01. The highest BCUT2D eigenvalue weighted by Gasteiger charge is 2.33. The summed E-state index contributed by atoms with van der Waals surface area (Å²) in [5, 5.41) is 4.07. The minimum absolute atomic E-state index is 0.00282. The smallest absolute Gasteiger partial charge is 0.353 e. The molecule has 3 heterocycles. The Morgan fingerprint density at radius 3 is 2.29 bits per heavy atom. The van der Waals surface area contributed by atoms with Gasteiger partial charge in [0.15, 0.2) is 5.82 Å². The number of anilines is 1. The van der Waals surface area contributed by atoms with E-state index in [4.69, 9.17) is 16.1 Å². The number of rotatable bonds is 3. The maximum absolute atomic E-state index is 12.8. The van der Waals surface area contributed by atoms with Crippen LogP contribution in [0.4, 0.5) is 19.0 Å². The average molecular weight is 418 g/mol. The Morgan fingerprint density at radius 1 is 1.14 bits per heavy atom. The van der Waals surface area contributed by atoms with Crippen molar-refractivity contribution < 1.29 is 17.7 Å². The van der Waals surface area contributed by atoms with Crippen molar-refractivity contribution in [1.82, 2.24) is 20.0 Å². The summed E-state index contributed by atoms with van der Waals surface area (Å²) in [6.07, 6.45) is -3.64. The van der Waals surface area contributed by atoms with Crippen molar-refractivity contribution in [2.75, 3.05) is 31.1 Å². The largest absolute Gasteiger partial charge is 0.417 e. The van der Waals surface area contributed by atoms with E-state index in [1.54, 1.807) is 0 Å². The van der Waals surface area contributed by atoms with Gasteiger partial charge in [-0.05, 0) is 13.0 Å². The number of pyridine rings is 1. The number of nitrogens with zero attached hydrogens (tertiary/aromatic N) is 5. The number of hydrogen-bond acceptors (Lipinski definition) is 6. The zero-order valence-corrected chi connectivity index (χ0v) is 17.0. The van der Waals surface area contributed by atoms with Crippen LogP contribution in [0, 0.1) is 0 Å². The zero-order valence-electron chi connectivity index (χ0n) is 16.2. The third-order valence-corrected chi connectivity index (χ3v) is 5.06. The summed E-state index contributed by atoms with van der Waals surface area (Å²) in [4.78, 5) is 12.5. The maximum Gasteiger partial charge on any atom is 0.417 e. The number of halogens is 4. The Morgan fingerprint density at radius 2 is 1.79 bits per heavy atom. The van der Waals surface area contributed by atoms with Crippen molar-refractivity contribution >= 4 is 17.4 Å². The van der Waals surface area contributed by atoms with Crippen LogP contribution in [0.15, 0.2) is 16.8 Å². The molecular weight excluding hydrogens is 395 g/mol. The van der Waals surface area contributed by atoms with Crippen LogP contribution in [-0.2, 0) is 11.6 Å². The molecular formula is C18H23ClF3N5O. The van der Waals surface area contributed by atoms with E-state index in [1.165, 1.54) is 0 Å². The molecule has 28 heavy (non-hydrogen) atoms. The Hall–Kier alpha value is -1.87. The Balaban J connectivity index is 1.65. The van der Waals surface area contributed by atoms with E-state index >= 15 is 0 Å². The quantitative estimate of drug-likeness (QED) is 0.741. The summed E-state index contributed by atoms with van der Waals surface area (Å²) in [6.45, 7) is 10.6. The molecule has 2 aromatic heterocycles. The first-order chi connectivity index (χ1) is 13.0. The molecule has 1 aliphatic rings. The summed E-state index contributed by atoms with van der Waals surface area (Å²) in [5.41, 5.74) is -1.04. The molecule has 0 spiro atoms. The normalized spacial score (nSPS) is 17.8. The number of hydrogen-bond donors (Lipinski definition) is 0. The Labute approximate surface area is 166 Å². The van der Waals surface area contributed by atoms with Crippen LogP contribution in [-0.4, -0.2) is 46.2 Å². The maximum atomic E-state index is 12.8. The van der Waals surface area contributed by atoms with Gasteiger partial charge in [-0.1, -0.05) is 37.5 Å². The average Bonchev–Trinajstić information content (AvgIpc) is 3.11. The first kappa shape index (κ1) is 20.9. The molecule has 2 aromatic rings.